The fraction of sp³-hybridized carbons (Fsp3) is 1.00. The van der Waals surface area contributed by atoms with Gasteiger partial charge in [0.05, 0.1) is 0 Å². The first kappa shape index (κ1) is 10.4. The first-order valence-electron chi connectivity index (χ1n) is 6.31. The summed E-state index contributed by atoms with van der Waals surface area (Å²) in [5, 5.41) is 7.29. The lowest BCUT2D eigenvalue weighted by Gasteiger charge is -2.32. The molecule has 1 aliphatic carbocycles. The molecule has 0 bridgehead atoms. The molecule has 1 saturated carbocycles. The van der Waals surface area contributed by atoms with Crippen LogP contribution in [0.5, 0.6) is 0 Å². The molecule has 2 rings (SSSR count). The Morgan fingerprint density at radius 1 is 1.00 bits per heavy atom. The van der Waals surface area contributed by atoms with Crippen LogP contribution in [0.25, 0.3) is 0 Å². The highest BCUT2D eigenvalue weighted by atomic mass is 15.0. The number of hydrogen-bond donors (Lipinski definition) is 2. The Labute approximate surface area is 87.8 Å². The van der Waals surface area contributed by atoms with Crippen molar-refractivity contribution in [1.82, 2.24) is 10.6 Å². The van der Waals surface area contributed by atoms with E-state index in [4.69, 9.17) is 0 Å². The zero-order chi connectivity index (χ0) is 9.80. The van der Waals surface area contributed by atoms with Crippen molar-refractivity contribution < 1.29 is 0 Å². The van der Waals surface area contributed by atoms with Gasteiger partial charge in [0.25, 0.3) is 0 Å². The summed E-state index contributed by atoms with van der Waals surface area (Å²) in [4.78, 5) is 0. The minimum Gasteiger partial charge on any atom is -0.315 e. The third-order valence-corrected chi connectivity index (χ3v) is 3.78. The Morgan fingerprint density at radius 2 is 1.79 bits per heavy atom. The van der Waals surface area contributed by atoms with E-state index in [1.165, 1.54) is 51.6 Å². The molecule has 82 valence electrons. The summed E-state index contributed by atoms with van der Waals surface area (Å²) in [6.07, 6.45) is 8.38. The van der Waals surface area contributed by atoms with Gasteiger partial charge in [0.1, 0.15) is 0 Å². The van der Waals surface area contributed by atoms with E-state index in [0.29, 0.717) is 0 Å². The third-order valence-electron chi connectivity index (χ3n) is 3.78. The summed E-state index contributed by atoms with van der Waals surface area (Å²) in [6, 6.07) is 1.57. The molecule has 0 aromatic carbocycles. The summed E-state index contributed by atoms with van der Waals surface area (Å²) in [5.74, 6) is 0.970. The van der Waals surface area contributed by atoms with E-state index in [0.717, 1.165) is 18.0 Å². The first-order valence-corrected chi connectivity index (χ1v) is 6.31. The predicted octanol–water partition coefficient (Wildman–Crippen LogP) is 1.91. The van der Waals surface area contributed by atoms with E-state index >= 15 is 0 Å². The van der Waals surface area contributed by atoms with Gasteiger partial charge in [0.15, 0.2) is 0 Å². The topological polar surface area (TPSA) is 24.1 Å². The molecule has 2 fully saturated rings. The maximum atomic E-state index is 3.82. The molecule has 0 aromatic rings. The Balaban J connectivity index is 1.68. The van der Waals surface area contributed by atoms with Crippen LogP contribution in [-0.4, -0.2) is 25.2 Å². The average molecular weight is 196 g/mol. The lowest BCUT2D eigenvalue weighted by atomic mass is 9.87. The molecule has 2 N–H and O–H groups in total. The number of nitrogens with one attached hydrogen (secondary N) is 2. The molecule has 0 spiro atoms. The molecule has 1 unspecified atom stereocenters. The SMILES string of the molecule is CC1CCC(NC2CCCNC2)CC1. The van der Waals surface area contributed by atoms with Gasteiger partial charge in [0, 0.05) is 18.6 Å². The van der Waals surface area contributed by atoms with E-state index in [9.17, 15) is 0 Å². The fourth-order valence-corrected chi connectivity index (χ4v) is 2.75. The van der Waals surface area contributed by atoms with Crippen molar-refractivity contribution in [2.45, 2.75) is 57.5 Å². The molecule has 1 saturated heterocycles. The Kier molecular flexibility index (Phi) is 3.82. The zero-order valence-electron chi connectivity index (χ0n) is 9.39. The van der Waals surface area contributed by atoms with Gasteiger partial charge in [-0.1, -0.05) is 6.92 Å². The summed E-state index contributed by atoms with van der Waals surface area (Å²) < 4.78 is 0. The van der Waals surface area contributed by atoms with Crippen LogP contribution >= 0.6 is 0 Å². The van der Waals surface area contributed by atoms with E-state index in [1.807, 2.05) is 0 Å². The maximum Gasteiger partial charge on any atom is 0.0195 e. The van der Waals surface area contributed by atoms with Gasteiger partial charge in [-0.2, -0.15) is 0 Å². The minimum absolute atomic E-state index is 0.752. The number of rotatable bonds is 2. The molecular formula is C12H24N2. The standard InChI is InChI=1S/C12H24N2/c1-10-4-6-11(7-5-10)14-12-3-2-8-13-9-12/h10-14H,2-9H2,1H3. The first-order chi connectivity index (χ1) is 6.84. The van der Waals surface area contributed by atoms with Gasteiger partial charge < -0.3 is 10.6 Å². The molecular weight excluding hydrogens is 172 g/mol. The molecule has 2 heteroatoms. The van der Waals surface area contributed by atoms with E-state index in [1.54, 1.807) is 0 Å². The second-order valence-corrected chi connectivity index (χ2v) is 5.17. The van der Waals surface area contributed by atoms with Crippen LogP contribution in [0.2, 0.25) is 0 Å². The van der Waals surface area contributed by atoms with Gasteiger partial charge >= 0.3 is 0 Å². The summed E-state index contributed by atoms with van der Waals surface area (Å²) in [7, 11) is 0. The van der Waals surface area contributed by atoms with Crippen molar-refractivity contribution in [2.24, 2.45) is 5.92 Å². The second-order valence-electron chi connectivity index (χ2n) is 5.17. The summed E-state index contributed by atoms with van der Waals surface area (Å²) in [6.45, 7) is 4.80. The van der Waals surface area contributed by atoms with Gasteiger partial charge in [0.2, 0.25) is 0 Å². The highest BCUT2D eigenvalue weighted by molar-refractivity contribution is 4.82. The van der Waals surface area contributed by atoms with E-state index in [-0.39, 0.29) is 0 Å². The highest BCUT2D eigenvalue weighted by Gasteiger charge is 2.21. The van der Waals surface area contributed by atoms with Gasteiger partial charge in [-0.3, -0.25) is 0 Å². The predicted molar refractivity (Wildman–Crippen MR) is 60.4 cm³/mol. The van der Waals surface area contributed by atoms with Gasteiger partial charge in [-0.05, 0) is 51.0 Å². The van der Waals surface area contributed by atoms with Crippen LogP contribution in [0.15, 0.2) is 0 Å². The quantitative estimate of drug-likeness (QED) is 0.705. The monoisotopic (exact) mass is 196 g/mol. The third kappa shape index (κ3) is 2.96. The fourth-order valence-electron chi connectivity index (χ4n) is 2.75. The van der Waals surface area contributed by atoms with Crippen LogP contribution in [0, 0.1) is 5.92 Å². The van der Waals surface area contributed by atoms with Crippen LogP contribution in [0.3, 0.4) is 0 Å². The van der Waals surface area contributed by atoms with Crippen molar-refractivity contribution in [3.05, 3.63) is 0 Å². The molecule has 2 nitrogen and oxygen atoms in total. The molecule has 0 amide bonds. The summed E-state index contributed by atoms with van der Waals surface area (Å²) >= 11 is 0. The van der Waals surface area contributed by atoms with Crippen molar-refractivity contribution >= 4 is 0 Å². The van der Waals surface area contributed by atoms with Crippen LogP contribution in [0.4, 0.5) is 0 Å². The molecule has 0 radical (unpaired) electrons. The van der Waals surface area contributed by atoms with Crippen molar-refractivity contribution in [3.63, 3.8) is 0 Å². The number of hydrogen-bond acceptors (Lipinski definition) is 2. The van der Waals surface area contributed by atoms with Gasteiger partial charge in [-0.25, -0.2) is 0 Å². The van der Waals surface area contributed by atoms with E-state index in [2.05, 4.69) is 17.6 Å². The van der Waals surface area contributed by atoms with Crippen LogP contribution in [0.1, 0.15) is 45.4 Å². The lowest BCUT2D eigenvalue weighted by Crippen LogP contribution is -2.48. The molecule has 1 heterocycles. The van der Waals surface area contributed by atoms with Crippen LogP contribution < -0.4 is 10.6 Å². The molecule has 2 aliphatic rings. The highest BCUT2D eigenvalue weighted by Crippen LogP contribution is 2.24. The summed E-state index contributed by atoms with van der Waals surface area (Å²) in [5.41, 5.74) is 0. The Bertz CT molecular complexity index is 156. The van der Waals surface area contributed by atoms with Crippen molar-refractivity contribution in [1.29, 1.82) is 0 Å². The Hall–Kier alpha value is -0.0800. The lowest BCUT2D eigenvalue weighted by molar-refractivity contribution is 0.266. The van der Waals surface area contributed by atoms with Gasteiger partial charge in [-0.15, -0.1) is 0 Å². The zero-order valence-corrected chi connectivity index (χ0v) is 9.39. The minimum atomic E-state index is 0.752. The maximum absolute atomic E-state index is 3.82. The Morgan fingerprint density at radius 3 is 2.43 bits per heavy atom. The van der Waals surface area contributed by atoms with Crippen LogP contribution in [-0.2, 0) is 0 Å². The molecule has 14 heavy (non-hydrogen) atoms. The smallest absolute Gasteiger partial charge is 0.0195 e. The second kappa shape index (κ2) is 5.13. The molecule has 1 atom stereocenters. The largest absolute Gasteiger partial charge is 0.315 e. The molecule has 1 aliphatic heterocycles. The molecule has 0 aromatic heterocycles. The normalized spacial score (nSPS) is 39.6. The average Bonchev–Trinajstić information content (AvgIpc) is 2.23. The number of piperidine rings is 1. The van der Waals surface area contributed by atoms with Crippen molar-refractivity contribution in [2.75, 3.05) is 13.1 Å². The van der Waals surface area contributed by atoms with E-state index < -0.39 is 0 Å². The van der Waals surface area contributed by atoms with Crippen molar-refractivity contribution in [3.8, 4) is 0 Å².